The summed E-state index contributed by atoms with van der Waals surface area (Å²) in [7, 11) is 0. The Balaban J connectivity index is 1.91. The molecule has 6 nitrogen and oxygen atoms in total. The fourth-order valence-corrected chi connectivity index (χ4v) is 4.29. The highest BCUT2D eigenvalue weighted by molar-refractivity contribution is 9.10. The maximum absolute atomic E-state index is 11.4. The largest absolute Gasteiger partial charge is 0.465 e. The highest BCUT2D eigenvalue weighted by Gasteiger charge is 2.29. The van der Waals surface area contributed by atoms with Crippen LogP contribution in [-0.4, -0.2) is 43.7 Å². The molecule has 1 aromatic carbocycles. The summed E-state index contributed by atoms with van der Waals surface area (Å²) in [6.07, 6.45) is 2.80. The molecule has 0 saturated carbocycles. The first-order chi connectivity index (χ1) is 12.5. The second kappa shape index (κ2) is 6.54. The zero-order chi connectivity index (χ0) is 18.4. The molecule has 4 rings (SSSR count). The summed E-state index contributed by atoms with van der Waals surface area (Å²) in [4.78, 5) is 22.4. The predicted octanol–water partition coefficient (Wildman–Crippen LogP) is 4.79. The molecule has 1 atom stereocenters. The molecule has 3 aromatic rings. The Morgan fingerprint density at radius 1 is 1.35 bits per heavy atom. The summed E-state index contributed by atoms with van der Waals surface area (Å²) in [5.41, 5.74) is 2.88. The van der Waals surface area contributed by atoms with E-state index in [2.05, 4.69) is 45.4 Å². The van der Waals surface area contributed by atoms with Crippen molar-refractivity contribution in [2.75, 3.05) is 13.1 Å². The average Bonchev–Trinajstić information content (AvgIpc) is 3.01. The van der Waals surface area contributed by atoms with Crippen LogP contribution in [0.4, 0.5) is 4.79 Å². The van der Waals surface area contributed by atoms with Gasteiger partial charge in [-0.3, -0.25) is 4.98 Å². The third-order valence-electron chi connectivity index (χ3n) is 5.08. The molecule has 2 aromatic heterocycles. The molecule has 26 heavy (non-hydrogen) atoms. The number of hydrogen-bond donors (Lipinski definition) is 1. The van der Waals surface area contributed by atoms with Crippen molar-refractivity contribution in [2.24, 2.45) is 0 Å². The first-order valence-corrected chi connectivity index (χ1v) is 9.69. The van der Waals surface area contributed by atoms with Crippen LogP contribution in [0.5, 0.6) is 0 Å². The van der Waals surface area contributed by atoms with E-state index in [1.807, 2.05) is 18.3 Å². The molecule has 0 unspecified atom stereocenters. The van der Waals surface area contributed by atoms with Gasteiger partial charge in [0.25, 0.3) is 0 Å². The van der Waals surface area contributed by atoms with Gasteiger partial charge in [-0.1, -0.05) is 15.9 Å². The van der Waals surface area contributed by atoms with Gasteiger partial charge < -0.3 is 14.6 Å². The summed E-state index contributed by atoms with van der Waals surface area (Å²) in [6.45, 7) is 5.40. The van der Waals surface area contributed by atoms with Gasteiger partial charge in [0.05, 0.1) is 17.2 Å². The highest BCUT2D eigenvalue weighted by atomic mass is 79.9. The highest BCUT2D eigenvalue weighted by Crippen LogP contribution is 2.34. The zero-order valence-electron chi connectivity index (χ0n) is 14.8. The van der Waals surface area contributed by atoms with Crippen LogP contribution in [0.1, 0.15) is 44.5 Å². The van der Waals surface area contributed by atoms with E-state index in [0.29, 0.717) is 13.1 Å². The van der Waals surface area contributed by atoms with Crippen molar-refractivity contribution in [1.29, 1.82) is 0 Å². The molecule has 1 fully saturated rings. The number of fused-ring (bicyclic) bond motifs is 3. The average molecular weight is 417 g/mol. The van der Waals surface area contributed by atoms with Gasteiger partial charge in [0, 0.05) is 34.9 Å². The lowest BCUT2D eigenvalue weighted by molar-refractivity contribution is 0.129. The molecule has 0 bridgehead atoms. The standard InChI is InChI=1S/C19H21BrN4O2/c1-11(2)24-17-14-6-5-13(20)8-15(14)21-9-16(17)22-18(24)12-4-3-7-23(10-12)19(25)26/h5-6,8-9,11-12H,3-4,7,10H2,1-2H3,(H,25,26)/t12-/m0/s1. The van der Waals surface area contributed by atoms with Gasteiger partial charge in [-0.2, -0.15) is 0 Å². The van der Waals surface area contributed by atoms with Crippen LogP contribution in [-0.2, 0) is 0 Å². The number of likely N-dealkylation sites (tertiary alicyclic amines) is 1. The van der Waals surface area contributed by atoms with E-state index in [1.165, 1.54) is 4.90 Å². The predicted molar refractivity (Wildman–Crippen MR) is 105 cm³/mol. The normalized spacial score (nSPS) is 18.2. The Morgan fingerprint density at radius 3 is 2.88 bits per heavy atom. The van der Waals surface area contributed by atoms with Crippen LogP contribution in [0.25, 0.3) is 21.9 Å². The number of carbonyl (C=O) groups is 1. The van der Waals surface area contributed by atoms with E-state index in [-0.39, 0.29) is 12.0 Å². The third kappa shape index (κ3) is 2.84. The van der Waals surface area contributed by atoms with Gasteiger partial charge >= 0.3 is 6.09 Å². The molecule has 1 amide bonds. The molecular formula is C19H21BrN4O2. The fourth-order valence-electron chi connectivity index (χ4n) is 3.94. The monoisotopic (exact) mass is 416 g/mol. The van der Waals surface area contributed by atoms with Crippen molar-refractivity contribution in [3.05, 3.63) is 34.7 Å². The number of rotatable bonds is 2. The van der Waals surface area contributed by atoms with E-state index >= 15 is 0 Å². The van der Waals surface area contributed by atoms with E-state index in [9.17, 15) is 9.90 Å². The van der Waals surface area contributed by atoms with Gasteiger partial charge in [-0.15, -0.1) is 0 Å². The lowest BCUT2D eigenvalue weighted by Crippen LogP contribution is -2.38. The summed E-state index contributed by atoms with van der Waals surface area (Å²) in [6, 6.07) is 6.33. The summed E-state index contributed by atoms with van der Waals surface area (Å²) < 4.78 is 3.26. The number of carboxylic acid groups (broad SMARTS) is 1. The van der Waals surface area contributed by atoms with E-state index in [1.54, 1.807) is 0 Å². The van der Waals surface area contributed by atoms with Crippen LogP contribution in [0.2, 0.25) is 0 Å². The maximum Gasteiger partial charge on any atom is 0.407 e. The molecule has 1 aliphatic rings. The Hall–Kier alpha value is -2.15. The molecule has 0 spiro atoms. The van der Waals surface area contributed by atoms with E-state index in [4.69, 9.17) is 4.98 Å². The SMILES string of the molecule is CC(C)n1c([C@H]2CCCN(C(=O)O)C2)nc2cnc3cc(Br)ccc3c21. The molecule has 136 valence electrons. The van der Waals surface area contributed by atoms with Crippen LogP contribution in [0.15, 0.2) is 28.9 Å². The lowest BCUT2D eigenvalue weighted by Gasteiger charge is -2.31. The lowest BCUT2D eigenvalue weighted by atomic mass is 9.97. The first kappa shape index (κ1) is 17.3. The Morgan fingerprint density at radius 2 is 2.15 bits per heavy atom. The van der Waals surface area contributed by atoms with E-state index < -0.39 is 6.09 Å². The number of aromatic nitrogens is 3. The first-order valence-electron chi connectivity index (χ1n) is 8.89. The van der Waals surface area contributed by atoms with Crippen molar-refractivity contribution >= 4 is 44.0 Å². The summed E-state index contributed by atoms with van der Waals surface area (Å²) in [5, 5.41) is 10.4. The topological polar surface area (TPSA) is 71.2 Å². The number of hydrogen-bond acceptors (Lipinski definition) is 3. The summed E-state index contributed by atoms with van der Waals surface area (Å²) in [5.74, 6) is 1.08. The Labute approximate surface area is 160 Å². The number of imidazole rings is 1. The quantitative estimate of drug-likeness (QED) is 0.651. The second-order valence-electron chi connectivity index (χ2n) is 7.16. The summed E-state index contributed by atoms with van der Waals surface area (Å²) >= 11 is 3.51. The van der Waals surface area contributed by atoms with Crippen LogP contribution < -0.4 is 0 Å². The van der Waals surface area contributed by atoms with Gasteiger partial charge in [-0.05, 0) is 44.9 Å². The Bertz CT molecular complexity index is 998. The van der Waals surface area contributed by atoms with Crippen LogP contribution in [0, 0.1) is 0 Å². The number of benzene rings is 1. The number of halogens is 1. The number of piperidine rings is 1. The minimum Gasteiger partial charge on any atom is -0.465 e. The van der Waals surface area contributed by atoms with Crippen LogP contribution in [0.3, 0.4) is 0 Å². The van der Waals surface area contributed by atoms with Crippen molar-refractivity contribution < 1.29 is 9.90 Å². The molecule has 3 heterocycles. The van der Waals surface area contributed by atoms with Gasteiger partial charge in [0.1, 0.15) is 11.3 Å². The molecule has 1 aliphatic heterocycles. The fraction of sp³-hybridized carbons (Fsp3) is 0.421. The molecule has 1 N–H and O–H groups in total. The van der Waals surface area contributed by atoms with Crippen molar-refractivity contribution in [3.63, 3.8) is 0 Å². The smallest absolute Gasteiger partial charge is 0.407 e. The van der Waals surface area contributed by atoms with Crippen molar-refractivity contribution in [2.45, 2.75) is 38.6 Å². The van der Waals surface area contributed by atoms with Crippen molar-refractivity contribution in [3.8, 4) is 0 Å². The van der Waals surface area contributed by atoms with Gasteiger partial charge in [0.2, 0.25) is 0 Å². The van der Waals surface area contributed by atoms with E-state index in [0.717, 1.165) is 45.1 Å². The second-order valence-corrected chi connectivity index (χ2v) is 8.07. The van der Waals surface area contributed by atoms with Gasteiger partial charge in [0.15, 0.2) is 0 Å². The molecule has 0 radical (unpaired) electrons. The third-order valence-corrected chi connectivity index (χ3v) is 5.57. The molecule has 0 aliphatic carbocycles. The van der Waals surface area contributed by atoms with Crippen molar-refractivity contribution in [1.82, 2.24) is 19.4 Å². The number of amides is 1. The molecule has 7 heteroatoms. The minimum atomic E-state index is -0.848. The molecule has 1 saturated heterocycles. The number of nitrogens with zero attached hydrogens (tertiary/aromatic N) is 4. The maximum atomic E-state index is 11.4. The van der Waals surface area contributed by atoms with Crippen LogP contribution >= 0.6 is 15.9 Å². The molecular weight excluding hydrogens is 396 g/mol. The minimum absolute atomic E-state index is 0.111. The zero-order valence-corrected chi connectivity index (χ0v) is 16.4. The number of pyridine rings is 1. The van der Waals surface area contributed by atoms with Gasteiger partial charge in [-0.25, -0.2) is 9.78 Å². The Kier molecular flexibility index (Phi) is 4.34.